The number of benzene rings is 1. The third kappa shape index (κ3) is 5.07. The number of amides is 1. The zero-order valence-corrected chi connectivity index (χ0v) is 15.2. The van der Waals surface area contributed by atoms with Gasteiger partial charge in [0, 0.05) is 19.3 Å². The van der Waals surface area contributed by atoms with Crippen molar-refractivity contribution in [3.8, 4) is 6.07 Å². The van der Waals surface area contributed by atoms with Gasteiger partial charge in [0.25, 0.3) is 5.91 Å². The predicted octanol–water partition coefficient (Wildman–Crippen LogP) is 2.32. The highest BCUT2D eigenvalue weighted by atomic mass is 16.5. The van der Waals surface area contributed by atoms with Crippen molar-refractivity contribution in [1.29, 1.82) is 5.26 Å². The van der Waals surface area contributed by atoms with E-state index in [1.54, 1.807) is 31.2 Å². The Hall–Kier alpha value is -2.85. The van der Waals surface area contributed by atoms with Gasteiger partial charge in [0.1, 0.15) is 11.6 Å². The number of ether oxygens (including phenoxy) is 2. The van der Waals surface area contributed by atoms with E-state index in [-0.39, 0.29) is 30.0 Å². The van der Waals surface area contributed by atoms with E-state index in [1.165, 1.54) is 6.20 Å². The van der Waals surface area contributed by atoms with E-state index >= 15 is 0 Å². The van der Waals surface area contributed by atoms with Gasteiger partial charge in [0.15, 0.2) is 0 Å². The molecule has 1 aliphatic heterocycles. The van der Waals surface area contributed by atoms with E-state index in [0.717, 1.165) is 0 Å². The van der Waals surface area contributed by atoms with Gasteiger partial charge in [0.2, 0.25) is 0 Å². The summed E-state index contributed by atoms with van der Waals surface area (Å²) in [5, 5.41) is 12.0. The fourth-order valence-electron chi connectivity index (χ4n) is 2.81. The Bertz CT molecular complexity index is 729. The SMILES string of the molecule is CCOC(=O)c1ccccc1NC(=O)/C(C#N)=C\N1CC(C)OC(C)C1. The maximum absolute atomic E-state index is 12.5. The van der Waals surface area contributed by atoms with Crippen LogP contribution in [0.3, 0.4) is 0 Å². The molecule has 1 heterocycles. The molecule has 2 rings (SSSR count). The second-order valence-corrected chi connectivity index (χ2v) is 6.09. The molecule has 1 N–H and O–H groups in total. The van der Waals surface area contributed by atoms with E-state index in [4.69, 9.17) is 9.47 Å². The average Bonchev–Trinajstić information content (AvgIpc) is 2.59. The lowest BCUT2D eigenvalue weighted by atomic mass is 10.1. The van der Waals surface area contributed by atoms with Crippen molar-refractivity contribution in [2.45, 2.75) is 33.0 Å². The van der Waals surface area contributed by atoms with Gasteiger partial charge < -0.3 is 19.7 Å². The lowest BCUT2D eigenvalue weighted by Crippen LogP contribution is -2.43. The van der Waals surface area contributed by atoms with Crippen LogP contribution in [0.5, 0.6) is 0 Å². The molecule has 1 aromatic carbocycles. The largest absolute Gasteiger partial charge is 0.462 e. The molecule has 26 heavy (non-hydrogen) atoms. The van der Waals surface area contributed by atoms with Gasteiger partial charge in [-0.05, 0) is 32.9 Å². The van der Waals surface area contributed by atoms with Crippen molar-refractivity contribution < 1.29 is 19.1 Å². The highest BCUT2D eigenvalue weighted by Gasteiger charge is 2.22. The molecule has 7 nitrogen and oxygen atoms in total. The van der Waals surface area contributed by atoms with E-state index in [0.29, 0.717) is 18.8 Å². The summed E-state index contributed by atoms with van der Waals surface area (Å²) in [4.78, 5) is 26.4. The Balaban J connectivity index is 2.16. The number of para-hydroxylation sites is 1. The third-order valence-corrected chi connectivity index (χ3v) is 3.80. The first-order valence-electron chi connectivity index (χ1n) is 8.53. The summed E-state index contributed by atoms with van der Waals surface area (Å²) in [6.45, 7) is 7.03. The molecular weight excluding hydrogens is 334 g/mol. The zero-order valence-electron chi connectivity index (χ0n) is 15.2. The molecule has 0 aromatic heterocycles. The average molecular weight is 357 g/mol. The molecule has 2 unspecified atom stereocenters. The molecule has 1 aromatic rings. The Morgan fingerprint density at radius 1 is 1.35 bits per heavy atom. The molecule has 1 saturated heterocycles. The summed E-state index contributed by atoms with van der Waals surface area (Å²) in [5.41, 5.74) is 0.513. The Kier molecular flexibility index (Phi) is 6.75. The fourth-order valence-corrected chi connectivity index (χ4v) is 2.81. The highest BCUT2D eigenvalue weighted by Crippen LogP contribution is 2.18. The van der Waals surface area contributed by atoms with Crippen LogP contribution in [-0.2, 0) is 14.3 Å². The summed E-state index contributed by atoms with van der Waals surface area (Å²) in [7, 11) is 0. The van der Waals surface area contributed by atoms with Crippen LogP contribution in [0.15, 0.2) is 36.0 Å². The number of anilines is 1. The fraction of sp³-hybridized carbons (Fsp3) is 0.421. The monoisotopic (exact) mass is 357 g/mol. The number of nitrogens with zero attached hydrogens (tertiary/aromatic N) is 2. The van der Waals surface area contributed by atoms with Crippen molar-refractivity contribution in [1.82, 2.24) is 4.90 Å². The zero-order chi connectivity index (χ0) is 19.1. The van der Waals surface area contributed by atoms with Crippen LogP contribution in [0.2, 0.25) is 0 Å². The number of morpholine rings is 1. The summed E-state index contributed by atoms with van der Waals surface area (Å²) >= 11 is 0. The smallest absolute Gasteiger partial charge is 0.340 e. The molecule has 1 fully saturated rings. The normalized spacial score (nSPS) is 20.2. The number of hydrogen-bond acceptors (Lipinski definition) is 6. The van der Waals surface area contributed by atoms with Crippen LogP contribution in [0.1, 0.15) is 31.1 Å². The van der Waals surface area contributed by atoms with Crippen molar-refractivity contribution in [3.63, 3.8) is 0 Å². The minimum absolute atomic E-state index is 0.0162. The van der Waals surface area contributed by atoms with Crippen LogP contribution >= 0.6 is 0 Å². The van der Waals surface area contributed by atoms with Crippen LogP contribution in [-0.4, -0.2) is 48.7 Å². The molecule has 1 amide bonds. The van der Waals surface area contributed by atoms with Crippen LogP contribution in [0.4, 0.5) is 5.69 Å². The first kappa shape index (κ1) is 19.5. The Labute approximate surface area is 153 Å². The first-order valence-corrected chi connectivity index (χ1v) is 8.53. The van der Waals surface area contributed by atoms with Crippen molar-refractivity contribution in [3.05, 3.63) is 41.6 Å². The topological polar surface area (TPSA) is 91.7 Å². The molecule has 0 saturated carbocycles. The summed E-state index contributed by atoms with van der Waals surface area (Å²) in [5.74, 6) is -1.10. The molecule has 0 spiro atoms. The standard InChI is InChI=1S/C19H23N3O4/c1-4-25-19(24)16-7-5-6-8-17(16)21-18(23)15(9-20)12-22-10-13(2)26-14(3)11-22/h5-8,12-14H,4,10-11H2,1-3H3,(H,21,23)/b15-12-. The first-order chi connectivity index (χ1) is 12.4. The lowest BCUT2D eigenvalue weighted by Gasteiger charge is -2.34. The lowest BCUT2D eigenvalue weighted by molar-refractivity contribution is -0.112. The molecule has 7 heteroatoms. The van der Waals surface area contributed by atoms with E-state index in [1.807, 2.05) is 24.8 Å². The van der Waals surface area contributed by atoms with Crippen LogP contribution < -0.4 is 5.32 Å². The maximum atomic E-state index is 12.5. The number of hydrogen-bond donors (Lipinski definition) is 1. The molecule has 0 bridgehead atoms. The summed E-state index contributed by atoms with van der Waals surface area (Å²) in [6.07, 6.45) is 1.57. The van der Waals surface area contributed by atoms with Gasteiger partial charge in [-0.25, -0.2) is 4.79 Å². The minimum Gasteiger partial charge on any atom is -0.462 e. The predicted molar refractivity (Wildman–Crippen MR) is 96.3 cm³/mol. The van der Waals surface area contributed by atoms with Crippen molar-refractivity contribution >= 4 is 17.6 Å². The molecule has 2 atom stereocenters. The maximum Gasteiger partial charge on any atom is 0.340 e. The van der Waals surface area contributed by atoms with Crippen molar-refractivity contribution in [2.75, 3.05) is 25.0 Å². The molecule has 0 aliphatic carbocycles. The Morgan fingerprint density at radius 3 is 2.62 bits per heavy atom. The van der Waals surface area contributed by atoms with Crippen LogP contribution in [0, 0.1) is 11.3 Å². The number of carbonyl (C=O) groups excluding carboxylic acids is 2. The van der Waals surface area contributed by atoms with Gasteiger partial charge in [-0.3, -0.25) is 4.79 Å². The van der Waals surface area contributed by atoms with Gasteiger partial charge in [0.05, 0.1) is 30.1 Å². The highest BCUT2D eigenvalue weighted by molar-refractivity contribution is 6.09. The van der Waals surface area contributed by atoms with Gasteiger partial charge >= 0.3 is 5.97 Å². The Morgan fingerprint density at radius 2 is 2.00 bits per heavy atom. The van der Waals surface area contributed by atoms with E-state index in [9.17, 15) is 14.9 Å². The van der Waals surface area contributed by atoms with E-state index in [2.05, 4.69) is 5.32 Å². The number of carbonyl (C=O) groups is 2. The van der Waals surface area contributed by atoms with Crippen molar-refractivity contribution in [2.24, 2.45) is 0 Å². The second-order valence-electron chi connectivity index (χ2n) is 6.09. The molecule has 1 aliphatic rings. The van der Waals surface area contributed by atoms with Crippen LogP contribution in [0.25, 0.3) is 0 Å². The number of nitriles is 1. The number of rotatable bonds is 5. The van der Waals surface area contributed by atoms with Gasteiger partial charge in [-0.2, -0.15) is 5.26 Å². The summed E-state index contributed by atoms with van der Waals surface area (Å²) in [6, 6.07) is 8.46. The number of nitrogens with one attached hydrogen (secondary N) is 1. The summed E-state index contributed by atoms with van der Waals surface area (Å²) < 4.78 is 10.6. The molecule has 0 radical (unpaired) electrons. The number of esters is 1. The third-order valence-electron chi connectivity index (χ3n) is 3.80. The second kappa shape index (κ2) is 9.02. The molecular formula is C19H23N3O4. The van der Waals surface area contributed by atoms with Gasteiger partial charge in [-0.1, -0.05) is 12.1 Å². The van der Waals surface area contributed by atoms with E-state index < -0.39 is 11.9 Å². The quantitative estimate of drug-likeness (QED) is 0.494. The molecule has 138 valence electrons. The minimum atomic E-state index is -0.573. The van der Waals surface area contributed by atoms with Gasteiger partial charge in [-0.15, -0.1) is 0 Å².